The van der Waals surface area contributed by atoms with E-state index in [1.807, 2.05) is 0 Å². The van der Waals surface area contributed by atoms with E-state index >= 15 is 0 Å². The summed E-state index contributed by atoms with van der Waals surface area (Å²) in [6.07, 6.45) is 0. The summed E-state index contributed by atoms with van der Waals surface area (Å²) in [4.78, 5) is 11.9. The van der Waals surface area contributed by atoms with E-state index in [1.165, 1.54) is 33.5 Å². The Morgan fingerprint density at radius 2 is 1.72 bits per heavy atom. The number of methoxy groups -OCH3 is 3. The summed E-state index contributed by atoms with van der Waals surface area (Å²) in [5, 5.41) is 2.66. The largest absolute Gasteiger partial charge is 0.493 e. The Morgan fingerprint density at radius 3 is 2.28 bits per heavy atom. The van der Waals surface area contributed by atoms with Gasteiger partial charge < -0.3 is 24.3 Å². The predicted molar refractivity (Wildman–Crippen MR) is 89.8 cm³/mol. The molecule has 0 radical (unpaired) electrons. The van der Waals surface area contributed by atoms with Crippen LogP contribution in [0.3, 0.4) is 0 Å². The lowest BCUT2D eigenvalue weighted by molar-refractivity contribution is -0.123. The molecule has 0 aliphatic heterocycles. The van der Waals surface area contributed by atoms with Gasteiger partial charge >= 0.3 is 0 Å². The van der Waals surface area contributed by atoms with Gasteiger partial charge in [-0.25, -0.2) is 4.39 Å². The van der Waals surface area contributed by atoms with Gasteiger partial charge in [-0.15, -0.1) is 0 Å². The van der Waals surface area contributed by atoms with Crippen molar-refractivity contribution in [3.63, 3.8) is 0 Å². The van der Waals surface area contributed by atoms with Crippen LogP contribution in [0.5, 0.6) is 23.0 Å². The third kappa shape index (κ3) is 5.00. The molecule has 2 aromatic carbocycles. The second kappa shape index (κ2) is 8.77. The molecule has 25 heavy (non-hydrogen) atoms. The molecule has 0 aromatic heterocycles. The topological polar surface area (TPSA) is 66.0 Å². The Morgan fingerprint density at radius 1 is 1.04 bits per heavy atom. The fourth-order valence-electron chi connectivity index (χ4n) is 2.19. The Kier molecular flexibility index (Phi) is 6.45. The molecule has 0 bridgehead atoms. The number of benzene rings is 2. The van der Waals surface area contributed by atoms with Crippen molar-refractivity contribution < 1.29 is 28.1 Å². The van der Waals surface area contributed by atoms with Crippen molar-refractivity contribution in [2.45, 2.75) is 6.54 Å². The Hall–Kier alpha value is -2.96. The Labute approximate surface area is 145 Å². The summed E-state index contributed by atoms with van der Waals surface area (Å²) >= 11 is 0. The first-order valence-electron chi connectivity index (χ1n) is 7.51. The zero-order chi connectivity index (χ0) is 18.2. The summed E-state index contributed by atoms with van der Waals surface area (Å²) in [5.74, 6) is 1.01. The lowest BCUT2D eigenvalue weighted by Gasteiger charge is -2.14. The van der Waals surface area contributed by atoms with Crippen LogP contribution in [0.25, 0.3) is 0 Å². The second-order valence-corrected chi connectivity index (χ2v) is 5.06. The maximum Gasteiger partial charge on any atom is 0.258 e. The maximum absolute atomic E-state index is 13.1. The van der Waals surface area contributed by atoms with E-state index in [-0.39, 0.29) is 24.9 Å². The van der Waals surface area contributed by atoms with E-state index in [9.17, 15) is 9.18 Å². The van der Waals surface area contributed by atoms with Crippen LogP contribution < -0.4 is 24.3 Å². The molecule has 0 spiro atoms. The first-order valence-corrected chi connectivity index (χ1v) is 7.51. The van der Waals surface area contributed by atoms with E-state index in [2.05, 4.69) is 5.32 Å². The van der Waals surface area contributed by atoms with Crippen molar-refractivity contribution in [1.82, 2.24) is 5.32 Å². The van der Waals surface area contributed by atoms with E-state index in [1.54, 1.807) is 24.3 Å². The Balaban J connectivity index is 1.95. The van der Waals surface area contributed by atoms with Gasteiger partial charge in [-0.1, -0.05) is 12.1 Å². The van der Waals surface area contributed by atoms with E-state index in [0.717, 1.165) is 0 Å². The number of carbonyl (C=O) groups is 1. The average Bonchev–Trinajstić information content (AvgIpc) is 2.63. The molecule has 2 rings (SSSR count). The molecule has 0 aliphatic carbocycles. The zero-order valence-electron chi connectivity index (χ0n) is 14.3. The van der Waals surface area contributed by atoms with Gasteiger partial charge in [-0.05, 0) is 17.7 Å². The van der Waals surface area contributed by atoms with Gasteiger partial charge in [-0.3, -0.25) is 4.79 Å². The van der Waals surface area contributed by atoms with Crippen molar-refractivity contribution in [3.8, 4) is 23.0 Å². The molecule has 0 unspecified atom stereocenters. The molecule has 134 valence electrons. The number of ether oxygens (including phenoxy) is 4. The lowest BCUT2D eigenvalue weighted by Crippen LogP contribution is -2.28. The lowest BCUT2D eigenvalue weighted by atomic mass is 10.2. The first kappa shape index (κ1) is 18.4. The van der Waals surface area contributed by atoms with Gasteiger partial charge in [0.1, 0.15) is 11.6 Å². The summed E-state index contributed by atoms with van der Waals surface area (Å²) in [5.41, 5.74) is 0.668. The van der Waals surface area contributed by atoms with Gasteiger partial charge in [0.25, 0.3) is 5.91 Å². The smallest absolute Gasteiger partial charge is 0.258 e. The summed E-state index contributed by atoms with van der Waals surface area (Å²) < 4.78 is 34.2. The standard InChI is InChI=1S/C18H20FNO5/c1-22-15-8-14(9-16(23-2)18(15)24-3)25-11-17(21)20-10-12-5-4-6-13(19)7-12/h4-9H,10-11H2,1-3H3,(H,20,21). The number of carbonyl (C=O) groups excluding carboxylic acids is 1. The van der Waals surface area contributed by atoms with Crippen LogP contribution in [0.4, 0.5) is 4.39 Å². The van der Waals surface area contributed by atoms with Crippen LogP contribution >= 0.6 is 0 Å². The molecule has 0 heterocycles. The van der Waals surface area contributed by atoms with Crippen molar-refractivity contribution in [1.29, 1.82) is 0 Å². The Bertz CT molecular complexity index is 710. The highest BCUT2D eigenvalue weighted by molar-refractivity contribution is 5.77. The SMILES string of the molecule is COc1cc(OCC(=O)NCc2cccc(F)c2)cc(OC)c1OC. The molecule has 0 aliphatic rings. The van der Waals surface area contributed by atoms with Crippen LogP contribution in [0.1, 0.15) is 5.56 Å². The average molecular weight is 349 g/mol. The minimum absolute atomic E-state index is 0.200. The third-order valence-corrected chi connectivity index (χ3v) is 3.39. The molecule has 0 saturated carbocycles. The van der Waals surface area contributed by atoms with Gasteiger partial charge in [0.2, 0.25) is 5.75 Å². The van der Waals surface area contributed by atoms with Crippen LogP contribution in [0.15, 0.2) is 36.4 Å². The van der Waals surface area contributed by atoms with Crippen molar-refractivity contribution in [2.75, 3.05) is 27.9 Å². The molecule has 2 aromatic rings. The normalized spacial score (nSPS) is 10.1. The summed E-state index contributed by atoms with van der Waals surface area (Å²) in [6, 6.07) is 9.22. The van der Waals surface area contributed by atoms with Gasteiger partial charge in [0, 0.05) is 18.7 Å². The minimum Gasteiger partial charge on any atom is -0.493 e. The number of nitrogens with one attached hydrogen (secondary N) is 1. The molecule has 0 saturated heterocycles. The molecular formula is C18H20FNO5. The first-order chi connectivity index (χ1) is 12.1. The predicted octanol–water partition coefficient (Wildman–Crippen LogP) is 2.55. The highest BCUT2D eigenvalue weighted by atomic mass is 19.1. The number of hydrogen-bond acceptors (Lipinski definition) is 5. The molecule has 7 heteroatoms. The number of rotatable bonds is 8. The molecule has 0 fully saturated rings. The van der Waals surface area contributed by atoms with Crippen molar-refractivity contribution >= 4 is 5.91 Å². The van der Waals surface area contributed by atoms with E-state index < -0.39 is 0 Å². The monoisotopic (exact) mass is 349 g/mol. The van der Waals surface area contributed by atoms with Crippen LogP contribution in [0.2, 0.25) is 0 Å². The van der Waals surface area contributed by atoms with Crippen molar-refractivity contribution in [2.24, 2.45) is 0 Å². The highest BCUT2D eigenvalue weighted by Gasteiger charge is 2.14. The highest BCUT2D eigenvalue weighted by Crippen LogP contribution is 2.40. The fraction of sp³-hybridized carbons (Fsp3) is 0.278. The molecule has 1 amide bonds. The molecule has 6 nitrogen and oxygen atoms in total. The van der Waals surface area contributed by atoms with Crippen LogP contribution in [-0.4, -0.2) is 33.8 Å². The minimum atomic E-state index is -0.347. The van der Waals surface area contributed by atoms with Crippen molar-refractivity contribution in [3.05, 3.63) is 47.8 Å². The zero-order valence-corrected chi connectivity index (χ0v) is 14.3. The third-order valence-electron chi connectivity index (χ3n) is 3.39. The van der Waals surface area contributed by atoms with Gasteiger partial charge in [-0.2, -0.15) is 0 Å². The molecule has 0 atom stereocenters. The molecular weight excluding hydrogens is 329 g/mol. The fourth-order valence-corrected chi connectivity index (χ4v) is 2.19. The van der Waals surface area contributed by atoms with Crippen LogP contribution in [-0.2, 0) is 11.3 Å². The quantitative estimate of drug-likeness (QED) is 0.793. The van der Waals surface area contributed by atoms with E-state index in [4.69, 9.17) is 18.9 Å². The van der Waals surface area contributed by atoms with Gasteiger partial charge in [0.15, 0.2) is 18.1 Å². The number of hydrogen-bond donors (Lipinski definition) is 1. The maximum atomic E-state index is 13.1. The van der Waals surface area contributed by atoms with Gasteiger partial charge in [0.05, 0.1) is 21.3 Å². The van der Waals surface area contributed by atoms with E-state index in [0.29, 0.717) is 28.6 Å². The summed E-state index contributed by atoms with van der Waals surface area (Å²) in [6.45, 7) is 0.0170. The molecule has 1 N–H and O–H groups in total. The van der Waals surface area contributed by atoms with Crippen LogP contribution in [0, 0.1) is 5.82 Å². The number of amides is 1. The second-order valence-electron chi connectivity index (χ2n) is 5.06. The number of halogens is 1. The summed E-state index contributed by atoms with van der Waals surface area (Å²) in [7, 11) is 4.49.